The Bertz CT molecular complexity index is 1330. The van der Waals surface area contributed by atoms with Crippen molar-refractivity contribution in [3.63, 3.8) is 0 Å². The smallest absolute Gasteiger partial charge is 0.232 e. The molecule has 10 heteroatoms. The molecule has 0 spiro atoms. The SMILES string of the molecule is CN(c1cc(-c2ccnc3c(C(=O)c4cccs4)cnn23)ccc1Cl)S(C)(=O)=O. The highest BCUT2D eigenvalue weighted by atomic mass is 35.5. The average Bonchev–Trinajstić information content (AvgIpc) is 3.36. The molecular formula is C19H15ClN4O3S2. The molecule has 0 bridgehead atoms. The van der Waals surface area contributed by atoms with Crippen molar-refractivity contribution >= 4 is 50.1 Å². The van der Waals surface area contributed by atoms with Crippen molar-refractivity contribution < 1.29 is 13.2 Å². The summed E-state index contributed by atoms with van der Waals surface area (Å²) in [6, 6.07) is 10.4. The van der Waals surface area contributed by atoms with Crippen molar-refractivity contribution in [1.82, 2.24) is 14.6 Å². The van der Waals surface area contributed by atoms with Gasteiger partial charge in [-0.2, -0.15) is 5.10 Å². The Kier molecular flexibility index (Phi) is 4.89. The molecular weight excluding hydrogens is 432 g/mol. The average molecular weight is 447 g/mol. The largest absolute Gasteiger partial charge is 0.287 e. The van der Waals surface area contributed by atoms with Crippen LogP contribution >= 0.6 is 22.9 Å². The second-order valence-electron chi connectivity index (χ2n) is 6.33. The van der Waals surface area contributed by atoms with Crippen LogP contribution < -0.4 is 4.31 Å². The highest BCUT2D eigenvalue weighted by Crippen LogP contribution is 2.32. The molecule has 0 saturated heterocycles. The van der Waals surface area contributed by atoms with Gasteiger partial charge < -0.3 is 0 Å². The first-order valence-electron chi connectivity index (χ1n) is 8.42. The molecule has 0 radical (unpaired) electrons. The summed E-state index contributed by atoms with van der Waals surface area (Å²) in [4.78, 5) is 17.7. The number of anilines is 1. The predicted molar refractivity (Wildman–Crippen MR) is 114 cm³/mol. The van der Waals surface area contributed by atoms with E-state index < -0.39 is 10.0 Å². The Hall–Kier alpha value is -2.75. The maximum atomic E-state index is 12.8. The monoisotopic (exact) mass is 446 g/mol. The maximum Gasteiger partial charge on any atom is 0.232 e. The van der Waals surface area contributed by atoms with E-state index >= 15 is 0 Å². The summed E-state index contributed by atoms with van der Waals surface area (Å²) < 4.78 is 26.6. The predicted octanol–water partition coefficient (Wildman–Crippen LogP) is 3.74. The van der Waals surface area contributed by atoms with E-state index in [9.17, 15) is 13.2 Å². The zero-order valence-corrected chi connectivity index (χ0v) is 17.8. The summed E-state index contributed by atoms with van der Waals surface area (Å²) in [7, 11) is -2.04. The van der Waals surface area contributed by atoms with Crippen LogP contribution in [-0.4, -0.2) is 42.1 Å². The fourth-order valence-corrected chi connectivity index (χ4v) is 4.38. The molecule has 0 unspecified atom stereocenters. The maximum absolute atomic E-state index is 12.8. The molecule has 0 fully saturated rings. The summed E-state index contributed by atoms with van der Waals surface area (Å²) in [5, 5.41) is 6.49. The third kappa shape index (κ3) is 3.52. The minimum absolute atomic E-state index is 0.145. The standard InChI is InChI=1S/C19H15ClN4O3S2/c1-23(29(2,26)27)16-10-12(5-6-14(16)20)15-7-8-21-19-13(11-22-24(15)19)18(25)17-4-3-9-28-17/h3-11H,1-2H3. The van der Waals surface area contributed by atoms with E-state index in [1.807, 2.05) is 11.4 Å². The van der Waals surface area contributed by atoms with E-state index in [0.29, 0.717) is 38.1 Å². The molecule has 3 heterocycles. The number of sulfonamides is 1. The topological polar surface area (TPSA) is 84.6 Å². The van der Waals surface area contributed by atoms with Crippen molar-refractivity contribution in [3.05, 3.63) is 69.6 Å². The van der Waals surface area contributed by atoms with Crippen LogP contribution in [0.25, 0.3) is 16.9 Å². The molecule has 3 aromatic heterocycles. The zero-order chi connectivity index (χ0) is 20.8. The van der Waals surface area contributed by atoms with Gasteiger partial charge in [-0.1, -0.05) is 23.7 Å². The molecule has 29 heavy (non-hydrogen) atoms. The molecule has 1 aromatic carbocycles. The summed E-state index contributed by atoms with van der Waals surface area (Å²) in [6.07, 6.45) is 4.19. The normalized spacial score (nSPS) is 11.7. The molecule has 4 rings (SSSR count). The molecule has 148 valence electrons. The minimum Gasteiger partial charge on any atom is -0.287 e. The number of thiophene rings is 1. The van der Waals surface area contributed by atoms with E-state index in [4.69, 9.17) is 11.6 Å². The van der Waals surface area contributed by atoms with Crippen molar-refractivity contribution in [3.8, 4) is 11.3 Å². The zero-order valence-electron chi connectivity index (χ0n) is 15.4. The van der Waals surface area contributed by atoms with Crippen LogP contribution in [0.5, 0.6) is 0 Å². The van der Waals surface area contributed by atoms with Crippen LogP contribution in [-0.2, 0) is 10.0 Å². The minimum atomic E-state index is -3.48. The van der Waals surface area contributed by atoms with Crippen molar-refractivity contribution in [2.45, 2.75) is 0 Å². The van der Waals surface area contributed by atoms with Gasteiger partial charge in [0.2, 0.25) is 15.8 Å². The Morgan fingerprint density at radius 3 is 2.72 bits per heavy atom. The molecule has 7 nitrogen and oxygen atoms in total. The van der Waals surface area contributed by atoms with E-state index in [-0.39, 0.29) is 5.78 Å². The summed E-state index contributed by atoms with van der Waals surface area (Å²) in [5.74, 6) is -0.145. The molecule has 0 aliphatic rings. The number of aromatic nitrogens is 3. The van der Waals surface area contributed by atoms with Gasteiger partial charge in [0.05, 0.1) is 39.3 Å². The van der Waals surface area contributed by atoms with Gasteiger partial charge in [-0.3, -0.25) is 9.10 Å². The molecule has 0 atom stereocenters. The number of hydrogen-bond acceptors (Lipinski definition) is 6. The summed E-state index contributed by atoms with van der Waals surface area (Å²) in [6.45, 7) is 0. The number of carbonyl (C=O) groups excluding carboxylic acids is 1. The second kappa shape index (κ2) is 7.25. The van der Waals surface area contributed by atoms with E-state index in [1.54, 1.807) is 41.0 Å². The first-order valence-corrected chi connectivity index (χ1v) is 11.5. The molecule has 0 N–H and O–H groups in total. The van der Waals surface area contributed by atoms with Gasteiger partial charge >= 0.3 is 0 Å². The number of fused-ring (bicyclic) bond motifs is 1. The van der Waals surface area contributed by atoms with Crippen LogP contribution in [0.2, 0.25) is 5.02 Å². The van der Waals surface area contributed by atoms with Crippen LogP contribution in [0.4, 0.5) is 5.69 Å². The fraction of sp³-hybridized carbons (Fsp3) is 0.105. The quantitative estimate of drug-likeness (QED) is 0.436. The molecule has 0 amide bonds. The first-order chi connectivity index (χ1) is 13.8. The van der Waals surface area contributed by atoms with Crippen molar-refractivity contribution in [1.29, 1.82) is 0 Å². The molecule has 4 aromatic rings. The van der Waals surface area contributed by atoms with E-state index in [2.05, 4.69) is 10.1 Å². The Morgan fingerprint density at radius 2 is 2.03 bits per heavy atom. The number of rotatable bonds is 5. The number of hydrogen-bond donors (Lipinski definition) is 0. The number of benzene rings is 1. The van der Waals surface area contributed by atoms with Gasteiger partial charge in [0, 0.05) is 18.8 Å². The van der Waals surface area contributed by atoms with Gasteiger partial charge in [-0.05, 0) is 29.6 Å². The van der Waals surface area contributed by atoms with Gasteiger partial charge in [-0.25, -0.2) is 17.9 Å². The van der Waals surface area contributed by atoms with Crippen LogP contribution in [0, 0.1) is 0 Å². The fourth-order valence-electron chi connectivity index (χ4n) is 2.90. The van der Waals surface area contributed by atoms with Crippen molar-refractivity contribution in [2.24, 2.45) is 0 Å². The highest BCUT2D eigenvalue weighted by Gasteiger charge is 2.20. The lowest BCUT2D eigenvalue weighted by Crippen LogP contribution is -2.25. The van der Waals surface area contributed by atoms with Crippen LogP contribution in [0.1, 0.15) is 15.2 Å². The van der Waals surface area contributed by atoms with E-state index in [1.165, 1.54) is 24.6 Å². The van der Waals surface area contributed by atoms with Gasteiger partial charge in [0.25, 0.3) is 0 Å². The molecule has 0 aliphatic heterocycles. The lowest BCUT2D eigenvalue weighted by molar-refractivity contribution is 0.104. The van der Waals surface area contributed by atoms with Gasteiger partial charge in [-0.15, -0.1) is 11.3 Å². The number of nitrogens with zero attached hydrogens (tertiary/aromatic N) is 4. The number of halogens is 1. The summed E-state index contributed by atoms with van der Waals surface area (Å²) >= 11 is 7.58. The van der Waals surface area contributed by atoms with Crippen LogP contribution in [0.15, 0.2) is 54.2 Å². The van der Waals surface area contributed by atoms with E-state index in [0.717, 1.165) is 10.6 Å². The van der Waals surface area contributed by atoms with Gasteiger partial charge in [0.15, 0.2) is 5.65 Å². The Morgan fingerprint density at radius 1 is 1.24 bits per heavy atom. The van der Waals surface area contributed by atoms with Crippen molar-refractivity contribution in [2.75, 3.05) is 17.6 Å². The van der Waals surface area contributed by atoms with Crippen LogP contribution in [0.3, 0.4) is 0 Å². The lowest BCUT2D eigenvalue weighted by atomic mass is 10.1. The highest BCUT2D eigenvalue weighted by molar-refractivity contribution is 7.92. The molecule has 0 saturated carbocycles. The third-order valence-corrected chi connectivity index (χ3v) is 6.85. The Labute approximate surface area is 176 Å². The number of ketones is 1. The van der Waals surface area contributed by atoms with Gasteiger partial charge in [0.1, 0.15) is 0 Å². The lowest BCUT2D eigenvalue weighted by Gasteiger charge is -2.19. The Balaban J connectivity index is 1.85. The summed E-state index contributed by atoms with van der Waals surface area (Å²) in [5.41, 5.74) is 2.51. The second-order valence-corrected chi connectivity index (χ2v) is 9.70. The molecule has 0 aliphatic carbocycles. The first kappa shape index (κ1) is 19.6. The number of carbonyl (C=O) groups is 1. The third-order valence-electron chi connectivity index (χ3n) is 4.47.